The molecule has 5 nitrogen and oxygen atoms in total. The van der Waals surface area contributed by atoms with Crippen molar-refractivity contribution in [3.63, 3.8) is 0 Å². The first-order valence-electron chi connectivity index (χ1n) is 6.01. The third-order valence-corrected chi connectivity index (χ3v) is 4.58. The van der Waals surface area contributed by atoms with Gasteiger partial charge in [0.15, 0.2) is 0 Å². The summed E-state index contributed by atoms with van der Waals surface area (Å²) in [4.78, 5) is 0. The highest BCUT2D eigenvalue weighted by Crippen LogP contribution is 2.19. The number of sulfonamides is 1. The summed E-state index contributed by atoms with van der Waals surface area (Å²) < 4.78 is 32.1. The van der Waals surface area contributed by atoms with Gasteiger partial charge in [-0.15, -0.1) is 0 Å². The standard InChI is InChI=1S/C13H16N2O3S/c1-13(6-7-18-10-13)15-19(16,17)9-12-4-2-11(8-14)3-5-12/h2-5,15H,6-7,9-10H2,1H3. The van der Waals surface area contributed by atoms with Crippen molar-refractivity contribution in [2.24, 2.45) is 0 Å². The Morgan fingerprint density at radius 2 is 2.11 bits per heavy atom. The molecule has 1 aliphatic rings. The first kappa shape index (κ1) is 14.0. The third-order valence-electron chi connectivity index (χ3n) is 3.06. The van der Waals surface area contributed by atoms with Crippen molar-refractivity contribution < 1.29 is 13.2 Å². The molecule has 1 unspecified atom stereocenters. The minimum absolute atomic E-state index is 0.0890. The van der Waals surface area contributed by atoms with E-state index in [2.05, 4.69) is 4.72 Å². The summed E-state index contributed by atoms with van der Waals surface area (Å²) in [5.74, 6) is -0.0890. The van der Waals surface area contributed by atoms with Crippen LogP contribution in [0, 0.1) is 11.3 Å². The van der Waals surface area contributed by atoms with Gasteiger partial charge in [0, 0.05) is 6.61 Å². The summed E-state index contributed by atoms with van der Waals surface area (Å²) in [7, 11) is -3.41. The van der Waals surface area contributed by atoms with Gasteiger partial charge in [0.1, 0.15) is 0 Å². The molecule has 19 heavy (non-hydrogen) atoms. The quantitative estimate of drug-likeness (QED) is 0.897. The van der Waals surface area contributed by atoms with Gasteiger partial charge in [-0.25, -0.2) is 13.1 Å². The largest absolute Gasteiger partial charge is 0.379 e. The third kappa shape index (κ3) is 3.77. The SMILES string of the molecule is CC1(NS(=O)(=O)Cc2ccc(C#N)cc2)CCOC1. The van der Waals surface area contributed by atoms with Crippen LogP contribution in [0.5, 0.6) is 0 Å². The zero-order valence-corrected chi connectivity index (χ0v) is 11.5. The molecule has 0 radical (unpaired) electrons. The van der Waals surface area contributed by atoms with Crippen LogP contribution in [-0.4, -0.2) is 27.2 Å². The van der Waals surface area contributed by atoms with Gasteiger partial charge in [-0.3, -0.25) is 0 Å². The Hall–Kier alpha value is -1.42. The molecule has 1 N–H and O–H groups in total. The Labute approximate surface area is 113 Å². The minimum atomic E-state index is -3.41. The van der Waals surface area contributed by atoms with Crippen LogP contribution in [0.2, 0.25) is 0 Å². The number of hydrogen-bond acceptors (Lipinski definition) is 4. The fourth-order valence-corrected chi connectivity index (χ4v) is 3.67. The number of rotatable bonds is 4. The van der Waals surface area contributed by atoms with E-state index < -0.39 is 15.6 Å². The average Bonchev–Trinajstić information content (AvgIpc) is 2.75. The molecule has 1 aromatic rings. The lowest BCUT2D eigenvalue weighted by atomic mass is 10.0. The number of nitrogens with one attached hydrogen (secondary N) is 1. The fourth-order valence-electron chi connectivity index (χ4n) is 2.05. The van der Waals surface area contributed by atoms with Crippen molar-refractivity contribution in [2.45, 2.75) is 24.6 Å². The molecule has 1 heterocycles. The first-order valence-corrected chi connectivity index (χ1v) is 7.66. The van der Waals surface area contributed by atoms with Gasteiger partial charge < -0.3 is 4.74 Å². The predicted molar refractivity (Wildman–Crippen MR) is 70.8 cm³/mol. The molecular weight excluding hydrogens is 264 g/mol. The molecular formula is C13H16N2O3S. The van der Waals surface area contributed by atoms with Crippen molar-refractivity contribution in [1.29, 1.82) is 5.26 Å². The van der Waals surface area contributed by atoms with Crippen molar-refractivity contribution in [2.75, 3.05) is 13.2 Å². The zero-order valence-electron chi connectivity index (χ0n) is 10.7. The molecule has 0 aliphatic carbocycles. The molecule has 1 aliphatic heterocycles. The summed E-state index contributed by atoms with van der Waals surface area (Å²) in [6.07, 6.45) is 0.680. The number of nitriles is 1. The molecule has 0 saturated carbocycles. The monoisotopic (exact) mass is 280 g/mol. The molecule has 102 valence electrons. The number of benzene rings is 1. The van der Waals surface area contributed by atoms with Crippen LogP contribution in [0.1, 0.15) is 24.5 Å². The van der Waals surface area contributed by atoms with E-state index in [0.29, 0.717) is 30.8 Å². The topological polar surface area (TPSA) is 79.2 Å². The fraction of sp³-hybridized carbons (Fsp3) is 0.462. The first-order chi connectivity index (χ1) is 8.92. The lowest BCUT2D eigenvalue weighted by Crippen LogP contribution is -2.46. The van der Waals surface area contributed by atoms with E-state index in [1.54, 1.807) is 24.3 Å². The minimum Gasteiger partial charge on any atom is -0.379 e. The molecule has 1 saturated heterocycles. The molecule has 6 heteroatoms. The highest BCUT2D eigenvalue weighted by atomic mass is 32.2. The van der Waals surface area contributed by atoms with Gasteiger partial charge in [-0.1, -0.05) is 12.1 Å². The summed E-state index contributed by atoms with van der Waals surface area (Å²) in [5.41, 5.74) is 0.671. The smallest absolute Gasteiger partial charge is 0.216 e. The van der Waals surface area contributed by atoms with E-state index in [-0.39, 0.29) is 5.75 Å². The van der Waals surface area contributed by atoms with Crippen LogP contribution in [0.4, 0.5) is 0 Å². The second-order valence-corrected chi connectivity index (χ2v) is 6.76. The zero-order chi connectivity index (χ0) is 13.9. The van der Waals surface area contributed by atoms with Crippen molar-refractivity contribution >= 4 is 10.0 Å². The Bertz CT molecular complexity index is 581. The van der Waals surface area contributed by atoms with Crippen LogP contribution in [0.15, 0.2) is 24.3 Å². The summed E-state index contributed by atoms with van der Waals surface area (Å²) in [6.45, 7) is 2.83. The van der Waals surface area contributed by atoms with Gasteiger partial charge in [-0.2, -0.15) is 5.26 Å². The second-order valence-electron chi connectivity index (χ2n) is 5.03. The van der Waals surface area contributed by atoms with Gasteiger partial charge in [0.25, 0.3) is 0 Å². The van der Waals surface area contributed by atoms with Crippen LogP contribution >= 0.6 is 0 Å². The molecule has 0 amide bonds. The van der Waals surface area contributed by atoms with Crippen molar-refractivity contribution in [1.82, 2.24) is 4.72 Å². The predicted octanol–water partition coefficient (Wildman–Crippen LogP) is 1.16. The summed E-state index contributed by atoms with van der Waals surface area (Å²) >= 11 is 0. The van der Waals surface area contributed by atoms with E-state index in [0.717, 1.165) is 0 Å². The lowest BCUT2D eigenvalue weighted by molar-refractivity contribution is 0.178. The normalized spacial score (nSPS) is 23.2. The lowest BCUT2D eigenvalue weighted by Gasteiger charge is -2.23. The van der Waals surface area contributed by atoms with Crippen molar-refractivity contribution in [3.05, 3.63) is 35.4 Å². The Morgan fingerprint density at radius 3 is 2.63 bits per heavy atom. The molecule has 1 fully saturated rings. The van der Waals surface area contributed by atoms with E-state index in [9.17, 15) is 8.42 Å². The average molecular weight is 280 g/mol. The molecule has 2 rings (SSSR count). The highest BCUT2D eigenvalue weighted by Gasteiger charge is 2.33. The Balaban J connectivity index is 2.06. The molecule has 0 aromatic heterocycles. The van der Waals surface area contributed by atoms with E-state index in [1.165, 1.54) is 0 Å². The molecule has 1 atom stereocenters. The van der Waals surface area contributed by atoms with Crippen molar-refractivity contribution in [3.8, 4) is 6.07 Å². The van der Waals surface area contributed by atoms with Crippen LogP contribution in [0.25, 0.3) is 0 Å². The number of hydrogen-bond donors (Lipinski definition) is 1. The number of ether oxygens (including phenoxy) is 1. The van der Waals surface area contributed by atoms with Gasteiger partial charge in [0.2, 0.25) is 10.0 Å². The van der Waals surface area contributed by atoms with Gasteiger partial charge in [0.05, 0.1) is 29.5 Å². The Morgan fingerprint density at radius 1 is 1.42 bits per heavy atom. The second kappa shape index (κ2) is 5.29. The molecule has 0 spiro atoms. The van der Waals surface area contributed by atoms with E-state index >= 15 is 0 Å². The van der Waals surface area contributed by atoms with Gasteiger partial charge >= 0.3 is 0 Å². The van der Waals surface area contributed by atoms with E-state index in [1.807, 2.05) is 13.0 Å². The maximum Gasteiger partial charge on any atom is 0.216 e. The van der Waals surface area contributed by atoms with Crippen LogP contribution < -0.4 is 4.72 Å². The molecule has 1 aromatic carbocycles. The molecule has 0 bridgehead atoms. The van der Waals surface area contributed by atoms with Gasteiger partial charge in [-0.05, 0) is 31.0 Å². The Kier molecular flexibility index (Phi) is 3.90. The number of nitrogens with zero attached hydrogens (tertiary/aromatic N) is 1. The van der Waals surface area contributed by atoms with Crippen LogP contribution in [-0.2, 0) is 20.5 Å². The summed E-state index contributed by atoms with van der Waals surface area (Å²) in [6, 6.07) is 8.55. The van der Waals surface area contributed by atoms with E-state index in [4.69, 9.17) is 10.00 Å². The maximum absolute atomic E-state index is 12.1. The highest BCUT2D eigenvalue weighted by molar-refractivity contribution is 7.88. The maximum atomic E-state index is 12.1. The van der Waals surface area contributed by atoms with Crippen LogP contribution in [0.3, 0.4) is 0 Å². The summed E-state index contributed by atoms with van der Waals surface area (Å²) in [5, 5.41) is 8.69.